The minimum atomic E-state index is -4.53. The Kier molecular flexibility index (Phi) is 5.34. The van der Waals surface area contributed by atoms with Crippen molar-refractivity contribution in [2.24, 2.45) is 0 Å². The van der Waals surface area contributed by atoms with E-state index in [1.807, 2.05) is 18.2 Å². The zero-order valence-corrected chi connectivity index (χ0v) is 16.9. The van der Waals surface area contributed by atoms with Gasteiger partial charge in [0.2, 0.25) is 0 Å². The summed E-state index contributed by atoms with van der Waals surface area (Å²) in [5, 5.41) is 6.76. The Morgan fingerprint density at radius 2 is 1.81 bits per heavy atom. The molecule has 1 aliphatic rings. The number of anilines is 1. The average molecular weight is 449 g/mol. The first-order chi connectivity index (χ1) is 14.6. The Morgan fingerprint density at radius 1 is 1.06 bits per heavy atom. The van der Waals surface area contributed by atoms with Crippen molar-refractivity contribution < 1.29 is 26.4 Å². The SMILES string of the molecule is O=C(Nc1cccc(C(F)(F)F)c1)c1cc(-c2ccccc2)n([C@H]2CCS(=O)(=O)C2)n1. The molecule has 0 radical (unpaired) electrons. The number of carbonyl (C=O) groups is 1. The Morgan fingerprint density at radius 3 is 2.45 bits per heavy atom. The molecule has 1 atom stereocenters. The van der Waals surface area contributed by atoms with Crippen LogP contribution in [0.15, 0.2) is 60.7 Å². The molecule has 6 nitrogen and oxygen atoms in total. The van der Waals surface area contributed by atoms with Crippen molar-refractivity contribution in [2.75, 3.05) is 16.8 Å². The summed E-state index contributed by atoms with van der Waals surface area (Å²) < 4.78 is 64.2. The largest absolute Gasteiger partial charge is 0.416 e. The molecule has 3 aromatic rings. The molecule has 1 amide bonds. The van der Waals surface area contributed by atoms with Gasteiger partial charge in [0, 0.05) is 5.69 Å². The highest BCUT2D eigenvalue weighted by molar-refractivity contribution is 7.91. The normalized spacial score (nSPS) is 18.1. The Bertz CT molecular complexity index is 1220. The maximum atomic E-state index is 12.9. The molecule has 10 heteroatoms. The summed E-state index contributed by atoms with van der Waals surface area (Å²) in [5.41, 5.74) is 0.408. The number of hydrogen-bond acceptors (Lipinski definition) is 4. The summed E-state index contributed by atoms with van der Waals surface area (Å²) in [4.78, 5) is 12.7. The number of alkyl halides is 3. The fourth-order valence-corrected chi connectivity index (χ4v) is 5.24. The fourth-order valence-electron chi connectivity index (χ4n) is 3.54. The second kappa shape index (κ2) is 7.84. The van der Waals surface area contributed by atoms with Crippen LogP contribution in [-0.4, -0.2) is 35.6 Å². The first-order valence-corrected chi connectivity index (χ1v) is 11.3. The van der Waals surface area contributed by atoms with Crippen molar-refractivity contribution in [1.82, 2.24) is 9.78 Å². The number of halogens is 3. The van der Waals surface area contributed by atoms with Gasteiger partial charge in [0.05, 0.1) is 28.8 Å². The standard InChI is InChI=1S/C21H18F3N3O3S/c22-21(23,24)15-7-4-8-16(11-15)25-20(28)18-12-19(14-5-2-1-3-6-14)27(26-18)17-9-10-31(29,30)13-17/h1-8,11-12,17H,9-10,13H2,(H,25,28)/t17-/m0/s1. The molecule has 0 saturated carbocycles. The van der Waals surface area contributed by atoms with Gasteiger partial charge < -0.3 is 5.32 Å². The van der Waals surface area contributed by atoms with E-state index in [1.165, 1.54) is 22.9 Å². The van der Waals surface area contributed by atoms with E-state index >= 15 is 0 Å². The lowest BCUT2D eigenvalue weighted by Gasteiger charge is -2.13. The summed E-state index contributed by atoms with van der Waals surface area (Å²) in [6.45, 7) is 0. The molecule has 0 aliphatic carbocycles. The molecule has 0 unspecified atom stereocenters. The third-order valence-corrected chi connectivity index (χ3v) is 6.79. The fraction of sp³-hybridized carbons (Fsp3) is 0.238. The van der Waals surface area contributed by atoms with E-state index in [0.717, 1.165) is 17.7 Å². The van der Waals surface area contributed by atoms with Gasteiger partial charge in [-0.1, -0.05) is 36.4 Å². The summed E-state index contributed by atoms with van der Waals surface area (Å²) in [6.07, 6.45) is -4.16. The highest BCUT2D eigenvalue weighted by Crippen LogP contribution is 2.32. The van der Waals surface area contributed by atoms with Crippen LogP contribution >= 0.6 is 0 Å². The maximum Gasteiger partial charge on any atom is 0.416 e. The lowest BCUT2D eigenvalue weighted by atomic mass is 10.1. The molecule has 162 valence electrons. The molecule has 1 N–H and O–H groups in total. The summed E-state index contributed by atoms with van der Waals surface area (Å²) in [5.74, 6) is -0.725. The van der Waals surface area contributed by atoms with Crippen LogP contribution in [0.3, 0.4) is 0 Å². The van der Waals surface area contributed by atoms with Gasteiger partial charge in [-0.25, -0.2) is 8.42 Å². The first kappa shape index (κ1) is 21.1. The predicted molar refractivity (Wildman–Crippen MR) is 109 cm³/mol. The van der Waals surface area contributed by atoms with Crippen LogP contribution in [0.2, 0.25) is 0 Å². The molecule has 1 fully saturated rings. The maximum absolute atomic E-state index is 12.9. The summed E-state index contributed by atoms with van der Waals surface area (Å²) in [6, 6.07) is 14.5. The highest BCUT2D eigenvalue weighted by Gasteiger charge is 2.33. The van der Waals surface area contributed by atoms with Gasteiger partial charge in [-0.2, -0.15) is 18.3 Å². The van der Waals surface area contributed by atoms with Crippen molar-refractivity contribution in [2.45, 2.75) is 18.6 Å². The number of sulfone groups is 1. The van der Waals surface area contributed by atoms with Crippen LogP contribution in [0.4, 0.5) is 18.9 Å². The molecule has 1 aromatic heterocycles. The molecule has 1 aliphatic heterocycles. The number of aromatic nitrogens is 2. The molecular formula is C21H18F3N3O3S. The summed E-state index contributed by atoms with van der Waals surface area (Å²) in [7, 11) is -3.19. The van der Waals surface area contributed by atoms with E-state index < -0.39 is 33.5 Å². The molecule has 0 spiro atoms. The molecule has 0 bridgehead atoms. The van der Waals surface area contributed by atoms with Gasteiger partial charge in [-0.3, -0.25) is 9.48 Å². The number of benzene rings is 2. The van der Waals surface area contributed by atoms with E-state index in [9.17, 15) is 26.4 Å². The first-order valence-electron chi connectivity index (χ1n) is 9.46. The third kappa shape index (κ3) is 4.63. The molecule has 31 heavy (non-hydrogen) atoms. The van der Waals surface area contributed by atoms with Crippen molar-refractivity contribution in [3.63, 3.8) is 0 Å². The molecule has 1 saturated heterocycles. The smallest absolute Gasteiger partial charge is 0.321 e. The van der Waals surface area contributed by atoms with Crippen LogP contribution in [0.1, 0.15) is 28.5 Å². The van der Waals surface area contributed by atoms with Gasteiger partial charge >= 0.3 is 6.18 Å². The number of carbonyl (C=O) groups excluding carboxylic acids is 1. The Hall–Kier alpha value is -3.14. The number of nitrogens with one attached hydrogen (secondary N) is 1. The van der Waals surface area contributed by atoms with Gasteiger partial charge in [0.15, 0.2) is 15.5 Å². The molecule has 4 rings (SSSR count). The zero-order valence-electron chi connectivity index (χ0n) is 16.1. The highest BCUT2D eigenvalue weighted by atomic mass is 32.2. The van der Waals surface area contributed by atoms with E-state index in [-0.39, 0.29) is 22.9 Å². The van der Waals surface area contributed by atoms with E-state index in [4.69, 9.17) is 0 Å². The summed E-state index contributed by atoms with van der Waals surface area (Å²) >= 11 is 0. The number of hydrogen-bond donors (Lipinski definition) is 1. The van der Waals surface area contributed by atoms with Crippen LogP contribution in [-0.2, 0) is 16.0 Å². The van der Waals surface area contributed by atoms with Crippen LogP contribution < -0.4 is 5.32 Å². The quantitative estimate of drug-likeness (QED) is 0.648. The van der Waals surface area contributed by atoms with Gasteiger partial charge in [0.1, 0.15) is 0 Å². The Labute approximate surface area is 176 Å². The van der Waals surface area contributed by atoms with E-state index in [2.05, 4.69) is 10.4 Å². The minimum Gasteiger partial charge on any atom is -0.321 e. The van der Waals surface area contributed by atoms with Crippen molar-refractivity contribution in [1.29, 1.82) is 0 Å². The monoisotopic (exact) mass is 449 g/mol. The molecule has 2 heterocycles. The second-order valence-corrected chi connectivity index (χ2v) is 9.54. The Balaban J connectivity index is 1.67. The minimum absolute atomic E-state index is 0.0134. The predicted octanol–water partition coefficient (Wildman–Crippen LogP) is 4.18. The van der Waals surface area contributed by atoms with Gasteiger partial charge in [-0.05, 0) is 36.2 Å². The number of nitrogens with zero attached hydrogens (tertiary/aromatic N) is 2. The van der Waals surface area contributed by atoms with Gasteiger partial charge in [-0.15, -0.1) is 0 Å². The van der Waals surface area contributed by atoms with Crippen molar-refractivity contribution >= 4 is 21.4 Å². The molecular weight excluding hydrogens is 431 g/mol. The van der Waals surface area contributed by atoms with E-state index in [1.54, 1.807) is 12.1 Å². The third-order valence-electron chi connectivity index (χ3n) is 5.04. The molecule has 2 aromatic carbocycles. The van der Waals surface area contributed by atoms with E-state index in [0.29, 0.717) is 12.1 Å². The van der Waals surface area contributed by atoms with Crippen molar-refractivity contribution in [3.05, 3.63) is 71.9 Å². The second-order valence-electron chi connectivity index (χ2n) is 7.31. The number of amides is 1. The lowest BCUT2D eigenvalue weighted by Crippen LogP contribution is -2.17. The zero-order chi connectivity index (χ0) is 22.2. The van der Waals surface area contributed by atoms with Crippen LogP contribution in [0.25, 0.3) is 11.3 Å². The average Bonchev–Trinajstić information content (AvgIpc) is 3.31. The van der Waals surface area contributed by atoms with Crippen LogP contribution in [0.5, 0.6) is 0 Å². The van der Waals surface area contributed by atoms with Crippen LogP contribution in [0, 0.1) is 0 Å². The van der Waals surface area contributed by atoms with Gasteiger partial charge in [0.25, 0.3) is 5.91 Å². The number of rotatable bonds is 4. The topological polar surface area (TPSA) is 81.1 Å². The lowest BCUT2D eigenvalue weighted by molar-refractivity contribution is -0.137. The van der Waals surface area contributed by atoms with Crippen molar-refractivity contribution in [3.8, 4) is 11.3 Å².